The van der Waals surface area contributed by atoms with Gasteiger partial charge in [-0.3, -0.25) is 0 Å². The van der Waals surface area contributed by atoms with Gasteiger partial charge in [0.05, 0.1) is 0 Å². The van der Waals surface area contributed by atoms with Gasteiger partial charge in [-0.1, -0.05) is 57.2 Å². The summed E-state index contributed by atoms with van der Waals surface area (Å²) >= 11 is 0. The molecule has 0 saturated heterocycles. The highest BCUT2D eigenvalue weighted by atomic mass is 19.2. The van der Waals surface area contributed by atoms with Crippen LogP contribution in [0.1, 0.15) is 120 Å². The molecule has 2 fully saturated rings. The highest BCUT2D eigenvalue weighted by molar-refractivity contribution is 5.86. The van der Waals surface area contributed by atoms with Gasteiger partial charge in [0.1, 0.15) is 5.83 Å². The first-order valence-corrected chi connectivity index (χ1v) is 14.3. The lowest BCUT2D eigenvalue weighted by molar-refractivity contribution is 0.275. The van der Waals surface area contributed by atoms with Gasteiger partial charge in [0.25, 0.3) is 0 Å². The number of benzene rings is 1. The molecule has 2 atom stereocenters. The summed E-state index contributed by atoms with van der Waals surface area (Å²) in [6.07, 6.45) is 15.7. The SMILES string of the molecule is C=CC1CCCC(CCC2CCC(c3cc4c(c(F)c3F)C(/C(F)=C(/F)CC)=C(CC)C4)CC2)CC1. The van der Waals surface area contributed by atoms with Crippen LogP contribution in [0.4, 0.5) is 17.6 Å². The van der Waals surface area contributed by atoms with Crippen molar-refractivity contribution in [3.05, 3.63) is 64.3 Å². The van der Waals surface area contributed by atoms with Gasteiger partial charge in [0.2, 0.25) is 0 Å². The molecule has 2 saturated carbocycles. The van der Waals surface area contributed by atoms with Crippen LogP contribution in [0.15, 0.2) is 35.9 Å². The molecule has 198 valence electrons. The Bertz CT molecular complexity index is 1010. The Morgan fingerprint density at radius 1 is 0.917 bits per heavy atom. The molecule has 0 heterocycles. The summed E-state index contributed by atoms with van der Waals surface area (Å²) in [5.41, 5.74) is 1.55. The van der Waals surface area contributed by atoms with Crippen LogP contribution in [-0.4, -0.2) is 0 Å². The maximum Gasteiger partial charge on any atom is 0.167 e. The molecule has 0 nitrogen and oxygen atoms in total. The molecule has 3 aliphatic rings. The summed E-state index contributed by atoms with van der Waals surface area (Å²) < 4.78 is 59.7. The predicted molar refractivity (Wildman–Crippen MR) is 141 cm³/mol. The van der Waals surface area contributed by atoms with Crippen molar-refractivity contribution in [3.63, 3.8) is 0 Å². The Kier molecular flexibility index (Phi) is 9.17. The summed E-state index contributed by atoms with van der Waals surface area (Å²) in [6.45, 7) is 7.34. The zero-order chi connectivity index (χ0) is 25.8. The quantitative estimate of drug-likeness (QED) is 0.188. The third-order valence-corrected chi connectivity index (χ3v) is 9.25. The van der Waals surface area contributed by atoms with Gasteiger partial charge >= 0.3 is 0 Å². The van der Waals surface area contributed by atoms with Gasteiger partial charge in [-0.25, -0.2) is 17.6 Å². The predicted octanol–water partition coefficient (Wildman–Crippen LogP) is 10.7. The monoisotopic (exact) mass is 502 g/mol. The maximum absolute atomic E-state index is 15.4. The lowest BCUT2D eigenvalue weighted by Gasteiger charge is -2.30. The summed E-state index contributed by atoms with van der Waals surface area (Å²) in [5.74, 6) is -1.65. The van der Waals surface area contributed by atoms with E-state index in [1.807, 2.05) is 6.92 Å². The third kappa shape index (κ3) is 5.68. The first kappa shape index (κ1) is 27.2. The molecule has 3 aliphatic carbocycles. The van der Waals surface area contributed by atoms with Crippen LogP contribution < -0.4 is 0 Å². The van der Waals surface area contributed by atoms with Crippen molar-refractivity contribution >= 4 is 5.57 Å². The minimum Gasteiger partial charge on any atom is -0.209 e. The number of fused-ring (bicyclic) bond motifs is 1. The highest BCUT2D eigenvalue weighted by Gasteiger charge is 2.34. The summed E-state index contributed by atoms with van der Waals surface area (Å²) in [6, 6.07) is 1.75. The van der Waals surface area contributed by atoms with Gasteiger partial charge in [0, 0.05) is 11.1 Å². The Morgan fingerprint density at radius 2 is 1.58 bits per heavy atom. The van der Waals surface area contributed by atoms with Crippen LogP contribution in [0.5, 0.6) is 0 Å². The molecular formula is C32H42F4. The second-order valence-electron chi connectivity index (χ2n) is 11.4. The van der Waals surface area contributed by atoms with Crippen LogP contribution in [0.2, 0.25) is 0 Å². The van der Waals surface area contributed by atoms with E-state index in [1.54, 1.807) is 6.07 Å². The molecule has 0 radical (unpaired) electrons. The molecule has 4 rings (SSSR count). The number of hydrogen-bond acceptors (Lipinski definition) is 0. The van der Waals surface area contributed by atoms with Gasteiger partial charge in [-0.2, -0.15) is 0 Å². The number of rotatable bonds is 8. The molecule has 0 N–H and O–H groups in total. The van der Waals surface area contributed by atoms with Crippen molar-refractivity contribution in [2.45, 2.75) is 110 Å². The molecule has 0 bridgehead atoms. The van der Waals surface area contributed by atoms with Crippen LogP contribution in [0.25, 0.3) is 5.57 Å². The van der Waals surface area contributed by atoms with E-state index in [-0.39, 0.29) is 23.5 Å². The average molecular weight is 503 g/mol. The number of allylic oxidation sites excluding steroid dienone is 5. The minimum atomic E-state index is -1.03. The normalized spacial score (nSPS) is 27.5. The Hall–Kier alpha value is -1.84. The summed E-state index contributed by atoms with van der Waals surface area (Å²) in [7, 11) is 0. The van der Waals surface area contributed by atoms with Crippen molar-refractivity contribution in [3.8, 4) is 0 Å². The third-order valence-electron chi connectivity index (χ3n) is 9.25. The first-order valence-electron chi connectivity index (χ1n) is 14.3. The van der Waals surface area contributed by atoms with Gasteiger partial charge in [-0.05, 0) is 99.0 Å². The fraction of sp³-hybridized carbons (Fsp3) is 0.625. The van der Waals surface area contributed by atoms with E-state index >= 15 is 8.78 Å². The van der Waals surface area contributed by atoms with Crippen LogP contribution >= 0.6 is 0 Å². The fourth-order valence-corrected chi connectivity index (χ4v) is 6.93. The minimum absolute atomic E-state index is 0.00539. The van der Waals surface area contributed by atoms with Crippen molar-refractivity contribution < 1.29 is 17.6 Å². The molecular weight excluding hydrogens is 460 g/mol. The van der Waals surface area contributed by atoms with E-state index in [0.29, 0.717) is 41.4 Å². The Labute approximate surface area is 214 Å². The molecule has 1 aromatic carbocycles. The van der Waals surface area contributed by atoms with Crippen molar-refractivity contribution in [1.29, 1.82) is 0 Å². The number of halogens is 4. The van der Waals surface area contributed by atoms with Crippen molar-refractivity contribution in [2.24, 2.45) is 17.8 Å². The molecule has 36 heavy (non-hydrogen) atoms. The molecule has 0 spiro atoms. The van der Waals surface area contributed by atoms with E-state index in [4.69, 9.17) is 0 Å². The van der Waals surface area contributed by atoms with E-state index in [9.17, 15) is 8.78 Å². The highest BCUT2D eigenvalue weighted by Crippen LogP contribution is 2.47. The molecule has 4 heteroatoms. The van der Waals surface area contributed by atoms with Crippen LogP contribution in [-0.2, 0) is 6.42 Å². The molecule has 0 aliphatic heterocycles. The Morgan fingerprint density at radius 3 is 2.22 bits per heavy atom. The first-order chi connectivity index (χ1) is 17.4. The molecule has 0 amide bonds. The molecule has 1 aromatic rings. The maximum atomic E-state index is 15.4. The van der Waals surface area contributed by atoms with E-state index in [0.717, 1.165) is 31.6 Å². The fourth-order valence-electron chi connectivity index (χ4n) is 6.93. The zero-order valence-corrected chi connectivity index (χ0v) is 22.1. The van der Waals surface area contributed by atoms with E-state index < -0.39 is 23.3 Å². The lowest BCUT2D eigenvalue weighted by atomic mass is 9.75. The van der Waals surface area contributed by atoms with Gasteiger partial charge in [0.15, 0.2) is 17.5 Å². The smallest absolute Gasteiger partial charge is 0.167 e. The van der Waals surface area contributed by atoms with E-state index in [1.165, 1.54) is 51.9 Å². The van der Waals surface area contributed by atoms with Crippen LogP contribution in [0, 0.1) is 29.4 Å². The standard InChI is InChI=1S/C32H42F4/c1-4-20-8-7-9-21(11-10-20)12-13-22-14-16-24(17-15-22)26-19-25-18-23(5-2)28(31(35)27(33)6-3)29(25)32(36)30(26)34/h4,19-22,24H,1,5-18H2,2-3H3/b31-27-. The van der Waals surface area contributed by atoms with E-state index in [2.05, 4.69) is 12.7 Å². The van der Waals surface area contributed by atoms with Gasteiger partial charge in [-0.15, -0.1) is 6.58 Å². The Balaban J connectivity index is 1.41. The molecule has 0 aromatic heterocycles. The second kappa shape index (κ2) is 12.1. The summed E-state index contributed by atoms with van der Waals surface area (Å²) in [4.78, 5) is 0. The summed E-state index contributed by atoms with van der Waals surface area (Å²) in [5, 5.41) is 0. The van der Waals surface area contributed by atoms with Gasteiger partial charge < -0.3 is 0 Å². The largest absolute Gasteiger partial charge is 0.209 e. The van der Waals surface area contributed by atoms with Crippen LogP contribution in [0.3, 0.4) is 0 Å². The van der Waals surface area contributed by atoms with Crippen molar-refractivity contribution in [1.82, 2.24) is 0 Å². The topological polar surface area (TPSA) is 0 Å². The zero-order valence-electron chi connectivity index (χ0n) is 22.1. The molecule has 2 unspecified atom stereocenters. The number of hydrogen-bond donors (Lipinski definition) is 0. The lowest BCUT2D eigenvalue weighted by Crippen LogP contribution is -2.16. The second-order valence-corrected chi connectivity index (χ2v) is 11.4. The average Bonchev–Trinajstić information content (AvgIpc) is 3.12. The van der Waals surface area contributed by atoms with Crippen molar-refractivity contribution in [2.75, 3.05) is 0 Å².